The van der Waals surface area contributed by atoms with Gasteiger partial charge in [-0.15, -0.1) is 0 Å². The molecule has 2 nitrogen and oxygen atoms in total. The molecule has 4 heteroatoms. The van der Waals surface area contributed by atoms with Gasteiger partial charge in [-0.2, -0.15) is 0 Å². The molecule has 0 radical (unpaired) electrons. The van der Waals surface area contributed by atoms with E-state index in [1.54, 1.807) is 30.5 Å². The fourth-order valence-corrected chi connectivity index (χ4v) is 3.29. The van der Waals surface area contributed by atoms with Crippen LogP contribution in [0.25, 0.3) is 12.2 Å². The Labute approximate surface area is 136 Å². The second-order valence-electron chi connectivity index (χ2n) is 4.86. The molecule has 0 aliphatic heterocycles. The van der Waals surface area contributed by atoms with Crippen LogP contribution in [0.3, 0.4) is 0 Å². The Morgan fingerprint density at radius 3 is 2.52 bits per heavy atom. The molecular formula is C19H14FNOS. The van der Waals surface area contributed by atoms with Crippen molar-refractivity contribution in [2.24, 2.45) is 0 Å². The van der Waals surface area contributed by atoms with Gasteiger partial charge in [0.2, 0.25) is 0 Å². The van der Waals surface area contributed by atoms with Gasteiger partial charge in [-0.3, -0.25) is 0 Å². The minimum Gasteiger partial charge on any atom is -0.247 e. The second kappa shape index (κ2) is 7.11. The minimum atomic E-state index is -1.36. The summed E-state index contributed by atoms with van der Waals surface area (Å²) in [4.78, 5) is 4.83. The van der Waals surface area contributed by atoms with Crippen LogP contribution in [0.1, 0.15) is 11.1 Å². The zero-order valence-corrected chi connectivity index (χ0v) is 13.0. The SMILES string of the molecule is O=S(c1ccccn1)c1ccccc1/C=C/c1cccc(F)c1. The molecule has 23 heavy (non-hydrogen) atoms. The maximum absolute atomic E-state index is 13.2. The number of pyridine rings is 1. The van der Waals surface area contributed by atoms with Gasteiger partial charge in [0, 0.05) is 6.20 Å². The van der Waals surface area contributed by atoms with E-state index >= 15 is 0 Å². The first-order valence-electron chi connectivity index (χ1n) is 7.09. The van der Waals surface area contributed by atoms with Gasteiger partial charge in [0.15, 0.2) is 0 Å². The van der Waals surface area contributed by atoms with E-state index in [1.165, 1.54) is 12.1 Å². The fourth-order valence-electron chi connectivity index (χ4n) is 2.15. The lowest BCUT2D eigenvalue weighted by Gasteiger charge is -2.05. The van der Waals surface area contributed by atoms with Crippen molar-refractivity contribution in [2.75, 3.05) is 0 Å². The van der Waals surface area contributed by atoms with Crippen LogP contribution in [0.5, 0.6) is 0 Å². The smallest absolute Gasteiger partial charge is 0.132 e. The van der Waals surface area contributed by atoms with Crippen molar-refractivity contribution < 1.29 is 8.60 Å². The standard InChI is InChI=1S/C19H14FNOS/c20-17-8-5-6-15(14-17)11-12-16-7-1-2-9-18(16)23(22)19-10-3-4-13-21-19/h1-14H/b12-11+. The lowest BCUT2D eigenvalue weighted by Crippen LogP contribution is -1.97. The van der Waals surface area contributed by atoms with Crippen molar-refractivity contribution in [1.29, 1.82) is 0 Å². The molecule has 3 rings (SSSR count). The molecule has 0 bridgehead atoms. The van der Waals surface area contributed by atoms with Gasteiger partial charge in [-0.1, -0.05) is 48.6 Å². The highest BCUT2D eigenvalue weighted by Crippen LogP contribution is 2.21. The van der Waals surface area contributed by atoms with Crippen molar-refractivity contribution in [1.82, 2.24) is 4.98 Å². The lowest BCUT2D eigenvalue weighted by atomic mass is 10.1. The summed E-state index contributed by atoms with van der Waals surface area (Å²) >= 11 is 0. The maximum atomic E-state index is 13.2. The zero-order chi connectivity index (χ0) is 16.1. The molecule has 0 saturated carbocycles. The van der Waals surface area contributed by atoms with Gasteiger partial charge in [-0.25, -0.2) is 13.6 Å². The zero-order valence-electron chi connectivity index (χ0n) is 12.2. The van der Waals surface area contributed by atoms with Crippen LogP contribution in [0.15, 0.2) is 82.8 Å². The average molecular weight is 323 g/mol. The Kier molecular flexibility index (Phi) is 4.74. The average Bonchev–Trinajstić information content (AvgIpc) is 2.60. The third-order valence-electron chi connectivity index (χ3n) is 3.25. The number of rotatable bonds is 4. The first kappa shape index (κ1) is 15.3. The third kappa shape index (κ3) is 3.79. The largest absolute Gasteiger partial charge is 0.247 e. The van der Waals surface area contributed by atoms with Gasteiger partial charge >= 0.3 is 0 Å². The van der Waals surface area contributed by atoms with Gasteiger partial charge < -0.3 is 0 Å². The van der Waals surface area contributed by atoms with Crippen LogP contribution in [0.2, 0.25) is 0 Å². The van der Waals surface area contributed by atoms with E-state index in [9.17, 15) is 8.60 Å². The van der Waals surface area contributed by atoms with E-state index in [1.807, 2.05) is 42.5 Å². The van der Waals surface area contributed by atoms with E-state index < -0.39 is 10.8 Å². The molecule has 0 fully saturated rings. The molecule has 2 aromatic carbocycles. The molecule has 0 N–H and O–H groups in total. The number of hydrogen-bond donors (Lipinski definition) is 0. The summed E-state index contributed by atoms with van der Waals surface area (Å²) in [5.74, 6) is -0.280. The van der Waals surface area contributed by atoms with Gasteiger partial charge in [0.25, 0.3) is 0 Å². The molecule has 1 unspecified atom stereocenters. The van der Waals surface area contributed by atoms with Crippen LogP contribution in [0.4, 0.5) is 4.39 Å². The predicted octanol–water partition coefficient (Wildman–Crippen LogP) is 4.56. The van der Waals surface area contributed by atoms with Crippen LogP contribution in [-0.2, 0) is 10.8 Å². The van der Waals surface area contributed by atoms with Crippen molar-refractivity contribution in [2.45, 2.75) is 9.92 Å². The lowest BCUT2D eigenvalue weighted by molar-refractivity contribution is 0.627. The third-order valence-corrected chi connectivity index (χ3v) is 4.64. The van der Waals surface area contributed by atoms with Crippen molar-refractivity contribution in [3.8, 4) is 0 Å². The predicted molar refractivity (Wildman–Crippen MR) is 90.7 cm³/mol. The number of nitrogens with zero attached hydrogens (tertiary/aromatic N) is 1. The summed E-state index contributed by atoms with van der Waals surface area (Å²) < 4.78 is 25.9. The number of halogens is 1. The van der Waals surface area contributed by atoms with Crippen LogP contribution in [0, 0.1) is 5.82 Å². The fraction of sp³-hybridized carbons (Fsp3) is 0. The van der Waals surface area contributed by atoms with Crippen molar-refractivity contribution in [3.63, 3.8) is 0 Å². The van der Waals surface area contributed by atoms with Crippen LogP contribution >= 0.6 is 0 Å². The van der Waals surface area contributed by atoms with Gasteiger partial charge in [-0.05, 0) is 41.5 Å². The summed E-state index contributed by atoms with van der Waals surface area (Å²) in [7, 11) is -1.36. The van der Waals surface area contributed by atoms with E-state index in [-0.39, 0.29) is 5.82 Å². The second-order valence-corrected chi connectivity index (χ2v) is 6.26. The Morgan fingerprint density at radius 1 is 0.913 bits per heavy atom. The summed E-state index contributed by atoms with van der Waals surface area (Å²) in [6.07, 6.45) is 5.26. The maximum Gasteiger partial charge on any atom is 0.132 e. The molecule has 0 amide bonds. The highest BCUT2D eigenvalue weighted by atomic mass is 32.2. The quantitative estimate of drug-likeness (QED) is 0.659. The molecule has 0 spiro atoms. The first-order valence-corrected chi connectivity index (χ1v) is 8.24. The molecule has 3 aromatic rings. The summed E-state index contributed by atoms with van der Waals surface area (Å²) in [6.45, 7) is 0. The molecule has 1 heterocycles. The van der Waals surface area contributed by atoms with E-state index in [0.29, 0.717) is 9.92 Å². The number of benzene rings is 2. The monoisotopic (exact) mass is 323 g/mol. The van der Waals surface area contributed by atoms with E-state index in [0.717, 1.165) is 11.1 Å². The number of aromatic nitrogens is 1. The first-order chi connectivity index (χ1) is 11.2. The highest BCUT2D eigenvalue weighted by Gasteiger charge is 2.10. The van der Waals surface area contributed by atoms with Crippen molar-refractivity contribution in [3.05, 3.63) is 89.9 Å². The summed E-state index contributed by atoms with van der Waals surface area (Å²) in [5.41, 5.74) is 1.57. The van der Waals surface area contributed by atoms with Crippen LogP contribution < -0.4 is 0 Å². The Balaban J connectivity index is 1.94. The topological polar surface area (TPSA) is 30.0 Å². The molecule has 0 aliphatic carbocycles. The van der Waals surface area contributed by atoms with E-state index in [4.69, 9.17) is 0 Å². The Bertz CT molecular complexity index is 862. The Hall–Kier alpha value is -2.59. The van der Waals surface area contributed by atoms with Crippen molar-refractivity contribution >= 4 is 23.0 Å². The molecule has 1 aromatic heterocycles. The molecule has 114 valence electrons. The van der Waals surface area contributed by atoms with Gasteiger partial charge in [0.1, 0.15) is 21.6 Å². The number of hydrogen-bond acceptors (Lipinski definition) is 2. The molecule has 0 saturated heterocycles. The summed E-state index contributed by atoms with van der Waals surface area (Å²) in [6, 6.07) is 19.1. The normalized spacial score (nSPS) is 12.4. The van der Waals surface area contributed by atoms with E-state index in [2.05, 4.69) is 4.98 Å². The highest BCUT2D eigenvalue weighted by molar-refractivity contribution is 7.85. The molecule has 0 aliphatic rings. The molecular weight excluding hydrogens is 309 g/mol. The minimum absolute atomic E-state index is 0.280. The molecule has 1 atom stereocenters. The Morgan fingerprint density at radius 2 is 1.74 bits per heavy atom. The van der Waals surface area contributed by atoms with Gasteiger partial charge in [0.05, 0.1) is 4.90 Å². The van der Waals surface area contributed by atoms with Crippen LogP contribution in [-0.4, -0.2) is 9.19 Å². The summed E-state index contributed by atoms with van der Waals surface area (Å²) in [5, 5.41) is 0.513.